The first-order valence-corrected chi connectivity index (χ1v) is 11.5. The Balaban J connectivity index is 1.46. The number of piperazine rings is 1. The number of rotatable bonds is 5. The van der Waals surface area contributed by atoms with E-state index in [4.69, 9.17) is 4.42 Å². The number of benzene rings is 1. The molecule has 4 rings (SSSR count). The Morgan fingerprint density at radius 2 is 1.74 bits per heavy atom. The molecule has 0 saturated carbocycles. The van der Waals surface area contributed by atoms with E-state index >= 15 is 0 Å². The molecule has 3 heterocycles. The molecule has 164 valence electrons. The fourth-order valence-electron chi connectivity index (χ4n) is 3.88. The highest BCUT2D eigenvalue weighted by atomic mass is 32.2. The van der Waals surface area contributed by atoms with Crippen LogP contribution >= 0.6 is 0 Å². The summed E-state index contributed by atoms with van der Waals surface area (Å²) < 4.78 is 47.5. The topological polar surface area (TPSA) is 75.8 Å². The van der Waals surface area contributed by atoms with Gasteiger partial charge in [0.25, 0.3) is 5.91 Å². The van der Waals surface area contributed by atoms with Crippen molar-refractivity contribution in [1.82, 2.24) is 13.8 Å². The number of nitrogens with zero attached hydrogens (tertiary/aromatic N) is 3. The van der Waals surface area contributed by atoms with Gasteiger partial charge in [-0.2, -0.15) is 4.31 Å². The lowest BCUT2D eigenvalue weighted by Crippen LogP contribution is -2.50. The first kappa shape index (κ1) is 21.3. The number of hydrogen-bond donors (Lipinski definition) is 0. The minimum Gasteiger partial charge on any atom is -0.467 e. The van der Waals surface area contributed by atoms with Crippen molar-refractivity contribution in [3.8, 4) is 0 Å². The van der Waals surface area contributed by atoms with Gasteiger partial charge in [0.15, 0.2) is 0 Å². The average Bonchev–Trinajstić information content (AvgIpc) is 3.37. The lowest BCUT2D eigenvalue weighted by molar-refractivity contribution is 0.0697. The molecule has 0 aliphatic carbocycles. The van der Waals surface area contributed by atoms with Crippen molar-refractivity contribution in [3.63, 3.8) is 0 Å². The first-order valence-electron chi connectivity index (χ1n) is 10.0. The lowest BCUT2D eigenvalue weighted by Gasteiger charge is -2.34. The van der Waals surface area contributed by atoms with Crippen molar-refractivity contribution in [2.75, 3.05) is 26.2 Å². The zero-order valence-electron chi connectivity index (χ0n) is 17.4. The van der Waals surface area contributed by atoms with Gasteiger partial charge in [-0.05, 0) is 56.3 Å². The molecule has 9 heteroatoms. The van der Waals surface area contributed by atoms with E-state index in [0.29, 0.717) is 25.2 Å². The molecular weight excluding hydrogens is 421 g/mol. The van der Waals surface area contributed by atoms with Gasteiger partial charge in [0.05, 0.1) is 23.3 Å². The lowest BCUT2D eigenvalue weighted by atomic mass is 10.2. The van der Waals surface area contributed by atoms with E-state index in [1.165, 1.54) is 16.4 Å². The fraction of sp³-hybridized carbons (Fsp3) is 0.318. The summed E-state index contributed by atoms with van der Waals surface area (Å²) in [5.74, 6) is 0.206. The Hall–Kier alpha value is -2.91. The number of carbonyl (C=O) groups is 1. The van der Waals surface area contributed by atoms with E-state index in [1.54, 1.807) is 11.2 Å². The third kappa shape index (κ3) is 4.15. The summed E-state index contributed by atoms with van der Waals surface area (Å²) in [6.07, 6.45) is 1.62. The summed E-state index contributed by atoms with van der Waals surface area (Å²) in [6, 6.07) is 10.4. The molecule has 1 aliphatic heterocycles. The number of halogens is 1. The van der Waals surface area contributed by atoms with E-state index in [9.17, 15) is 17.6 Å². The number of carbonyl (C=O) groups excluding carboxylic acids is 1. The van der Waals surface area contributed by atoms with Crippen LogP contribution in [-0.4, -0.2) is 54.3 Å². The SMILES string of the molecule is Cc1cc(C(=O)N2CCN(S(=O)(=O)c3ccc(F)cc3)CC2)c(C)n1Cc1ccco1. The fourth-order valence-corrected chi connectivity index (χ4v) is 5.30. The summed E-state index contributed by atoms with van der Waals surface area (Å²) in [6.45, 7) is 5.36. The molecular formula is C22H24FN3O4S. The van der Waals surface area contributed by atoms with Crippen molar-refractivity contribution >= 4 is 15.9 Å². The van der Waals surface area contributed by atoms with Crippen LogP contribution in [0.5, 0.6) is 0 Å². The molecule has 2 aromatic heterocycles. The zero-order chi connectivity index (χ0) is 22.2. The maximum Gasteiger partial charge on any atom is 0.255 e. The van der Waals surface area contributed by atoms with Crippen LogP contribution in [0.25, 0.3) is 0 Å². The van der Waals surface area contributed by atoms with Gasteiger partial charge >= 0.3 is 0 Å². The van der Waals surface area contributed by atoms with E-state index < -0.39 is 15.8 Å². The number of furan rings is 1. The third-order valence-electron chi connectivity index (χ3n) is 5.68. The zero-order valence-corrected chi connectivity index (χ0v) is 18.2. The Morgan fingerprint density at radius 3 is 2.35 bits per heavy atom. The predicted molar refractivity (Wildman–Crippen MR) is 113 cm³/mol. The van der Waals surface area contributed by atoms with Gasteiger partial charge in [-0.25, -0.2) is 12.8 Å². The van der Waals surface area contributed by atoms with Crippen LogP contribution in [0.3, 0.4) is 0 Å². The smallest absolute Gasteiger partial charge is 0.255 e. The molecule has 0 unspecified atom stereocenters. The number of aryl methyl sites for hydroxylation is 1. The van der Waals surface area contributed by atoms with Gasteiger partial charge in [0.2, 0.25) is 10.0 Å². The van der Waals surface area contributed by atoms with Gasteiger partial charge in [0, 0.05) is 37.6 Å². The molecule has 0 N–H and O–H groups in total. The van der Waals surface area contributed by atoms with Crippen LogP contribution in [0.15, 0.2) is 58.0 Å². The Morgan fingerprint density at radius 1 is 1.06 bits per heavy atom. The Bertz CT molecular complexity index is 1180. The van der Waals surface area contributed by atoms with Crippen molar-refractivity contribution in [2.24, 2.45) is 0 Å². The van der Waals surface area contributed by atoms with Crippen LogP contribution in [0.2, 0.25) is 0 Å². The number of sulfonamides is 1. The van der Waals surface area contributed by atoms with E-state index in [-0.39, 0.29) is 23.9 Å². The molecule has 1 aromatic carbocycles. The van der Waals surface area contributed by atoms with Crippen LogP contribution in [-0.2, 0) is 16.6 Å². The second-order valence-electron chi connectivity index (χ2n) is 7.60. The van der Waals surface area contributed by atoms with Crippen molar-refractivity contribution < 1.29 is 22.0 Å². The first-order chi connectivity index (χ1) is 14.8. The second-order valence-corrected chi connectivity index (χ2v) is 9.54. The summed E-state index contributed by atoms with van der Waals surface area (Å²) in [5, 5.41) is 0. The summed E-state index contributed by atoms with van der Waals surface area (Å²) in [4.78, 5) is 14.9. The maximum absolute atomic E-state index is 13.1. The quantitative estimate of drug-likeness (QED) is 0.605. The largest absolute Gasteiger partial charge is 0.467 e. The van der Waals surface area contributed by atoms with E-state index in [1.807, 2.05) is 36.6 Å². The molecule has 0 atom stereocenters. The van der Waals surface area contributed by atoms with Crippen LogP contribution < -0.4 is 0 Å². The van der Waals surface area contributed by atoms with Gasteiger partial charge in [0.1, 0.15) is 11.6 Å². The molecule has 7 nitrogen and oxygen atoms in total. The second kappa shape index (κ2) is 8.32. The summed E-state index contributed by atoms with van der Waals surface area (Å²) in [7, 11) is -3.72. The molecule has 1 saturated heterocycles. The highest BCUT2D eigenvalue weighted by Gasteiger charge is 2.31. The van der Waals surface area contributed by atoms with Crippen molar-refractivity contribution in [3.05, 3.63) is 77.3 Å². The summed E-state index contributed by atoms with van der Waals surface area (Å²) >= 11 is 0. The Labute approximate surface area is 180 Å². The standard InChI is InChI=1S/C22H24FN3O4S/c1-16-14-21(17(2)26(16)15-19-4-3-13-30-19)22(27)24-9-11-25(12-10-24)31(28,29)20-7-5-18(23)6-8-20/h3-8,13-14H,9-12,15H2,1-2H3. The van der Waals surface area contributed by atoms with Crippen LogP contribution in [0, 0.1) is 19.7 Å². The third-order valence-corrected chi connectivity index (χ3v) is 7.59. The van der Waals surface area contributed by atoms with Crippen molar-refractivity contribution in [2.45, 2.75) is 25.3 Å². The predicted octanol–water partition coefficient (Wildman–Crippen LogP) is 3.03. The van der Waals surface area contributed by atoms with Crippen LogP contribution in [0.4, 0.5) is 4.39 Å². The van der Waals surface area contributed by atoms with Gasteiger partial charge in [-0.15, -0.1) is 0 Å². The van der Waals surface area contributed by atoms with Crippen LogP contribution in [0.1, 0.15) is 27.5 Å². The minimum atomic E-state index is -3.72. The molecule has 1 fully saturated rings. The molecule has 0 spiro atoms. The Kier molecular flexibility index (Phi) is 5.72. The molecule has 1 amide bonds. The molecule has 31 heavy (non-hydrogen) atoms. The molecule has 0 radical (unpaired) electrons. The van der Waals surface area contributed by atoms with E-state index in [0.717, 1.165) is 29.3 Å². The summed E-state index contributed by atoms with van der Waals surface area (Å²) in [5.41, 5.74) is 2.41. The normalized spacial score (nSPS) is 15.4. The highest BCUT2D eigenvalue weighted by molar-refractivity contribution is 7.89. The number of aromatic nitrogens is 1. The average molecular weight is 446 g/mol. The molecule has 1 aliphatic rings. The van der Waals surface area contributed by atoms with Gasteiger partial charge in [-0.3, -0.25) is 4.79 Å². The van der Waals surface area contributed by atoms with Crippen molar-refractivity contribution in [1.29, 1.82) is 0 Å². The maximum atomic E-state index is 13.1. The van der Waals surface area contributed by atoms with E-state index in [2.05, 4.69) is 0 Å². The molecule has 3 aromatic rings. The minimum absolute atomic E-state index is 0.0511. The highest BCUT2D eigenvalue weighted by Crippen LogP contribution is 2.22. The number of amides is 1. The number of hydrogen-bond acceptors (Lipinski definition) is 4. The molecule has 0 bridgehead atoms. The van der Waals surface area contributed by atoms with Gasteiger partial charge < -0.3 is 13.9 Å². The monoisotopic (exact) mass is 445 g/mol. The van der Waals surface area contributed by atoms with Gasteiger partial charge in [-0.1, -0.05) is 0 Å².